The van der Waals surface area contributed by atoms with E-state index in [-0.39, 0.29) is 0 Å². The van der Waals surface area contributed by atoms with Gasteiger partial charge in [-0.1, -0.05) is 50.8 Å². The lowest BCUT2D eigenvalue weighted by atomic mass is 9.79. The van der Waals surface area contributed by atoms with E-state index in [2.05, 4.69) is 38.1 Å². The van der Waals surface area contributed by atoms with Crippen LogP contribution in [0.25, 0.3) is 5.57 Å². The van der Waals surface area contributed by atoms with Crippen molar-refractivity contribution in [2.24, 2.45) is 11.8 Å². The zero-order valence-corrected chi connectivity index (χ0v) is 14.1. The quantitative estimate of drug-likeness (QED) is 0.561. The van der Waals surface area contributed by atoms with E-state index < -0.39 is 0 Å². The summed E-state index contributed by atoms with van der Waals surface area (Å²) in [6, 6.07) is 10.1. The molecule has 0 atom stereocenters. The first-order chi connectivity index (χ1) is 10.7. The van der Waals surface area contributed by atoms with Crippen molar-refractivity contribution in [3.05, 3.63) is 41.5 Å². The fourth-order valence-electron chi connectivity index (χ4n) is 3.58. The van der Waals surface area contributed by atoms with E-state index in [0.29, 0.717) is 0 Å². The van der Waals surface area contributed by atoms with E-state index in [1.54, 1.807) is 0 Å². The zero-order valence-electron chi connectivity index (χ0n) is 14.1. The van der Waals surface area contributed by atoms with Crippen LogP contribution in [0, 0.1) is 23.2 Å². The van der Waals surface area contributed by atoms with Crippen LogP contribution in [0.3, 0.4) is 0 Å². The number of benzene rings is 1. The Bertz CT molecular complexity index is 510. The molecule has 0 radical (unpaired) electrons. The number of nitrogens with zero attached hydrogens (tertiary/aromatic N) is 1. The SMILES string of the molecule is CCCCCC1CCC(/C=C(\C)c2ccc(C#N)cc2)CC1. The van der Waals surface area contributed by atoms with Gasteiger partial charge in [0, 0.05) is 0 Å². The first-order valence-corrected chi connectivity index (χ1v) is 8.92. The fraction of sp³-hybridized carbons (Fsp3) is 0.571. The molecule has 0 saturated heterocycles. The number of hydrogen-bond donors (Lipinski definition) is 0. The summed E-state index contributed by atoms with van der Waals surface area (Å²) in [5.74, 6) is 1.73. The fourth-order valence-corrected chi connectivity index (χ4v) is 3.58. The second-order valence-corrected chi connectivity index (χ2v) is 6.82. The molecule has 1 aromatic rings. The van der Waals surface area contributed by atoms with Crippen molar-refractivity contribution >= 4 is 5.57 Å². The first-order valence-electron chi connectivity index (χ1n) is 8.92. The highest BCUT2D eigenvalue weighted by Crippen LogP contribution is 2.34. The average Bonchev–Trinajstić information content (AvgIpc) is 2.57. The Morgan fingerprint density at radius 3 is 2.41 bits per heavy atom. The summed E-state index contributed by atoms with van der Waals surface area (Å²) >= 11 is 0. The molecule has 0 spiro atoms. The summed E-state index contributed by atoms with van der Waals surface area (Å²) in [6.45, 7) is 4.49. The molecular weight excluding hydrogens is 266 g/mol. The molecule has 0 N–H and O–H groups in total. The topological polar surface area (TPSA) is 23.8 Å². The van der Waals surface area contributed by atoms with Gasteiger partial charge >= 0.3 is 0 Å². The van der Waals surface area contributed by atoms with E-state index in [9.17, 15) is 0 Å². The molecule has 1 heteroatoms. The molecule has 22 heavy (non-hydrogen) atoms. The molecule has 1 saturated carbocycles. The highest BCUT2D eigenvalue weighted by atomic mass is 14.3. The monoisotopic (exact) mass is 295 g/mol. The van der Waals surface area contributed by atoms with Crippen LogP contribution in [0.2, 0.25) is 0 Å². The van der Waals surface area contributed by atoms with Gasteiger partial charge in [0.25, 0.3) is 0 Å². The molecule has 0 unspecified atom stereocenters. The number of hydrogen-bond acceptors (Lipinski definition) is 1. The molecule has 1 aromatic carbocycles. The minimum Gasteiger partial charge on any atom is -0.192 e. The molecule has 1 aliphatic carbocycles. The van der Waals surface area contributed by atoms with Crippen molar-refractivity contribution in [2.45, 2.75) is 65.2 Å². The second kappa shape index (κ2) is 8.79. The van der Waals surface area contributed by atoms with Crippen molar-refractivity contribution in [1.82, 2.24) is 0 Å². The predicted molar refractivity (Wildman–Crippen MR) is 94.4 cm³/mol. The van der Waals surface area contributed by atoms with Crippen LogP contribution in [0.4, 0.5) is 0 Å². The van der Waals surface area contributed by atoms with Crippen LogP contribution in [0.5, 0.6) is 0 Å². The Hall–Kier alpha value is -1.55. The van der Waals surface area contributed by atoms with Crippen molar-refractivity contribution in [1.29, 1.82) is 5.26 Å². The third kappa shape index (κ3) is 5.02. The van der Waals surface area contributed by atoms with E-state index in [0.717, 1.165) is 17.4 Å². The summed E-state index contributed by atoms with van der Waals surface area (Å²) in [4.78, 5) is 0. The molecule has 0 amide bonds. The molecule has 0 aromatic heterocycles. The summed E-state index contributed by atoms with van der Waals surface area (Å²) in [6.07, 6.45) is 13.6. The average molecular weight is 295 g/mol. The van der Waals surface area contributed by atoms with Gasteiger partial charge < -0.3 is 0 Å². The Balaban J connectivity index is 1.84. The largest absolute Gasteiger partial charge is 0.192 e. The van der Waals surface area contributed by atoms with Crippen LogP contribution in [-0.2, 0) is 0 Å². The van der Waals surface area contributed by atoms with Gasteiger partial charge in [-0.2, -0.15) is 5.26 Å². The van der Waals surface area contributed by atoms with Crippen molar-refractivity contribution in [2.75, 3.05) is 0 Å². The lowest BCUT2D eigenvalue weighted by Crippen LogP contribution is -2.13. The summed E-state index contributed by atoms with van der Waals surface area (Å²) in [7, 11) is 0. The van der Waals surface area contributed by atoms with Crippen LogP contribution in [-0.4, -0.2) is 0 Å². The molecule has 0 aliphatic heterocycles. The number of unbranched alkanes of at least 4 members (excludes halogenated alkanes) is 2. The Morgan fingerprint density at radius 1 is 1.14 bits per heavy atom. The van der Waals surface area contributed by atoms with Gasteiger partial charge in [0.2, 0.25) is 0 Å². The van der Waals surface area contributed by atoms with Crippen molar-refractivity contribution in [3.8, 4) is 6.07 Å². The Kier molecular flexibility index (Phi) is 6.72. The highest BCUT2D eigenvalue weighted by molar-refractivity contribution is 5.64. The van der Waals surface area contributed by atoms with Crippen LogP contribution >= 0.6 is 0 Å². The minimum absolute atomic E-state index is 0.740. The number of allylic oxidation sites excluding steroid dienone is 2. The molecular formula is C21H29N. The normalized spacial score (nSPS) is 22.3. The highest BCUT2D eigenvalue weighted by Gasteiger charge is 2.19. The summed E-state index contributed by atoms with van der Waals surface area (Å²) in [5.41, 5.74) is 3.35. The Labute approximate surface area is 136 Å². The predicted octanol–water partition coefficient (Wildman–Crippen LogP) is 6.35. The maximum atomic E-state index is 8.87. The van der Waals surface area contributed by atoms with Gasteiger partial charge in [-0.3, -0.25) is 0 Å². The van der Waals surface area contributed by atoms with Gasteiger partial charge in [-0.15, -0.1) is 0 Å². The third-order valence-corrected chi connectivity index (χ3v) is 5.06. The third-order valence-electron chi connectivity index (χ3n) is 5.06. The number of rotatable bonds is 6. The molecule has 1 aliphatic rings. The number of nitriles is 1. The van der Waals surface area contributed by atoms with Gasteiger partial charge in [0.1, 0.15) is 0 Å². The van der Waals surface area contributed by atoms with Gasteiger partial charge in [-0.25, -0.2) is 0 Å². The maximum Gasteiger partial charge on any atom is 0.0991 e. The zero-order chi connectivity index (χ0) is 15.8. The second-order valence-electron chi connectivity index (χ2n) is 6.82. The van der Waals surface area contributed by atoms with Gasteiger partial charge in [0.05, 0.1) is 11.6 Å². The maximum absolute atomic E-state index is 8.87. The van der Waals surface area contributed by atoms with Crippen molar-refractivity contribution in [3.63, 3.8) is 0 Å². The van der Waals surface area contributed by atoms with E-state index in [4.69, 9.17) is 5.26 Å². The minimum atomic E-state index is 0.740. The molecule has 0 bridgehead atoms. The first kappa shape index (κ1) is 16.8. The van der Waals surface area contributed by atoms with E-state index in [1.165, 1.54) is 62.5 Å². The lowest BCUT2D eigenvalue weighted by Gasteiger charge is -2.27. The lowest BCUT2D eigenvalue weighted by molar-refractivity contribution is 0.289. The smallest absolute Gasteiger partial charge is 0.0991 e. The van der Waals surface area contributed by atoms with E-state index >= 15 is 0 Å². The summed E-state index contributed by atoms with van der Waals surface area (Å²) < 4.78 is 0. The standard InChI is InChI=1S/C21H29N/c1-3-4-5-6-18-7-9-19(10-8-18)15-17(2)21-13-11-20(16-22)12-14-21/h11-15,18-19H,3-10H2,1-2H3/b17-15+. The molecule has 1 fully saturated rings. The molecule has 2 rings (SSSR count). The molecule has 1 nitrogen and oxygen atoms in total. The van der Waals surface area contributed by atoms with Crippen LogP contribution in [0.1, 0.15) is 76.3 Å². The Morgan fingerprint density at radius 2 is 1.82 bits per heavy atom. The van der Waals surface area contributed by atoms with Crippen LogP contribution < -0.4 is 0 Å². The van der Waals surface area contributed by atoms with Crippen LogP contribution in [0.15, 0.2) is 30.3 Å². The van der Waals surface area contributed by atoms with E-state index in [1.807, 2.05) is 12.1 Å². The van der Waals surface area contributed by atoms with Gasteiger partial charge in [0.15, 0.2) is 0 Å². The van der Waals surface area contributed by atoms with Crippen molar-refractivity contribution < 1.29 is 0 Å². The summed E-state index contributed by atoms with van der Waals surface area (Å²) in [5, 5.41) is 8.87. The van der Waals surface area contributed by atoms with Gasteiger partial charge in [-0.05, 0) is 67.7 Å². The molecule has 118 valence electrons. The molecule has 0 heterocycles.